The predicted molar refractivity (Wildman–Crippen MR) is 65.0 cm³/mol. The van der Waals surface area contributed by atoms with Gasteiger partial charge in [-0.05, 0) is 45.7 Å². The Hall–Kier alpha value is -0.340. The summed E-state index contributed by atoms with van der Waals surface area (Å²) in [5, 5.41) is 0. The van der Waals surface area contributed by atoms with E-state index in [0.717, 1.165) is 11.8 Å². The molecule has 2 nitrogen and oxygen atoms in total. The van der Waals surface area contributed by atoms with Gasteiger partial charge in [-0.3, -0.25) is 0 Å². The van der Waals surface area contributed by atoms with Crippen LogP contribution in [0.4, 0.5) is 0 Å². The standard InChI is InChI=1S/C13H24N2/c1-11-4-5-12-9-15(7-6-14(2)3)10-13(12)8-11/h4,12-13H,5-10H2,1-3H3/t12-,13-/m0/s1. The van der Waals surface area contributed by atoms with Gasteiger partial charge >= 0.3 is 0 Å². The van der Waals surface area contributed by atoms with Crippen molar-refractivity contribution in [1.29, 1.82) is 0 Å². The monoisotopic (exact) mass is 208 g/mol. The number of hydrogen-bond donors (Lipinski definition) is 0. The Labute approximate surface area is 93.9 Å². The maximum absolute atomic E-state index is 2.65. The fourth-order valence-corrected chi connectivity index (χ4v) is 2.91. The summed E-state index contributed by atoms with van der Waals surface area (Å²) in [7, 11) is 4.32. The fourth-order valence-electron chi connectivity index (χ4n) is 2.91. The first-order valence-corrected chi connectivity index (χ1v) is 6.18. The van der Waals surface area contributed by atoms with Crippen molar-refractivity contribution in [3.05, 3.63) is 11.6 Å². The highest BCUT2D eigenvalue weighted by Gasteiger charge is 2.33. The Morgan fingerprint density at radius 3 is 2.80 bits per heavy atom. The molecule has 0 N–H and O–H groups in total. The van der Waals surface area contributed by atoms with E-state index in [2.05, 4.69) is 36.9 Å². The van der Waals surface area contributed by atoms with Gasteiger partial charge in [-0.1, -0.05) is 11.6 Å². The number of allylic oxidation sites excluding steroid dienone is 2. The summed E-state index contributed by atoms with van der Waals surface area (Å²) in [4.78, 5) is 4.94. The first kappa shape index (κ1) is 11.2. The molecule has 86 valence electrons. The summed E-state index contributed by atoms with van der Waals surface area (Å²) in [5.74, 6) is 1.91. The van der Waals surface area contributed by atoms with E-state index in [9.17, 15) is 0 Å². The quantitative estimate of drug-likeness (QED) is 0.653. The third kappa shape index (κ3) is 2.82. The van der Waals surface area contributed by atoms with Crippen LogP contribution in [0, 0.1) is 11.8 Å². The van der Waals surface area contributed by atoms with Crippen molar-refractivity contribution in [2.45, 2.75) is 19.8 Å². The van der Waals surface area contributed by atoms with Crippen molar-refractivity contribution >= 4 is 0 Å². The van der Waals surface area contributed by atoms with E-state index >= 15 is 0 Å². The highest BCUT2D eigenvalue weighted by molar-refractivity contribution is 5.08. The van der Waals surface area contributed by atoms with Crippen LogP contribution < -0.4 is 0 Å². The number of hydrogen-bond acceptors (Lipinski definition) is 2. The normalized spacial score (nSPS) is 31.9. The van der Waals surface area contributed by atoms with Crippen molar-refractivity contribution < 1.29 is 0 Å². The van der Waals surface area contributed by atoms with Crippen molar-refractivity contribution in [3.63, 3.8) is 0 Å². The van der Waals surface area contributed by atoms with Crippen LogP contribution >= 0.6 is 0 Å². The minimum atomic E-state index is 0.955. The average molecular weight is 208 g/mol. The fraction of sp³-hybridized carbons (Fsp3) is 0.846. The van der Waals surface area contributed by atoms with Gasteiger partial charge in [-0.15, -0.1) is 0 Å². The molecule has 0 bridgehead atoms. The van der Waals surface area contributed by atoms with Crippen LogP contribution in [-0.4, -0.2) is 50.1 Å². The smallest absolute Gasteiger partial charge is 0.0109 e. The lowest BCUT2D eigenvalue weighted by Gasteiger charge is -2.22. The molecule has 0 radical (unpaired) electrons. The van der Waals surface area contributed by atoms with Crippen LogP contribution in [0.25, 0.3) is 0 Å². The Morgan fingerprint density at radius 2 is 2.07 bits per heavy atom. The molecule has 15 heavy (non-hydrogen) atoms. The van der Waals surface area contributed by atoms with E-state index in [1.807, 2.05) is 0 Å². The lowest BCUT2D eigenvalue weighted by molar-refractivity contribution is 0.273. The first-order valence-electron chi connectivity index (χ1n) is 6.18. The molecular weight excluding hydrogens is 184 g/mol. The van der Waals surface area contributed by atoms with Gasteiger partial charge in [-0.25, -0.2) is 0 Å². The van der Waals surface area contributed by atoms with Crippen molar-refractivity contribution in [2.24, 2.45) is 11.8 Å². The SMILES string of the molecule is CC1=CC[C@H]2CN(CCN(C)C)C[C@@H]2C1. The lowest BCUT2D eigenvalue weighted by Crippen LogP contribution is -2.30. The third-order valence-electron chi connectivity index (χ3n) is 3.87. The van der Waals surface area contributed by atoms with E-state index in [1.54, 1.807) is 5.57 Å². The second-order valence-corrected chi connectivity index (χ2v) is 5.57. The number of nitrogens with zero attached hydrogens (tertiary/aromatic N) is 2. The van der Waals surface area contributed by atoms with Crippen LogP contribution in [0.5, 0.6) is 0 Å². The van der Waals surface area contributed by atoms with Gasteiger partial charge < -0.3 is 9.80 Å². The maximum atomic E-state index is 2.65. The number of likely N-dealkylation sites (tertiary alicyclic amines) is 1. The average Bonchev–Trinajstić information content (AvgIpc) is 2.56. The number of likely N-dealkylation sites (N-methyl/N-ethyl adjacent to an activating group) is 1. The Balaban J connectivity index is 1.81. The van der Waals surface area contributed by atoms with Crippen LogP contribution in [0.1, 0.15) is 19.8 Å². The molecule has 0 saturated carbocycles. The van der Waals surface area contributed by atoms with Crippen LogP contribution in [0.2, 0.25) is 0 Å². The van der Waals surface area contributed by atoms with E-state index in [4.69, 9.17) is 0 Å². The van der Waals surface area contributed by atoms with Gasteiger partial charge in [0.2, 0.25) is 0 Å². The molecule has 2 aliphatic rings. The Bertz CT molecular complexity index is 245. The van der Waals surface area contributed by atoms with E-state index < -0.39 is 0 Å². The minimum Gasteiger partial charge on any atom is -0.308 e. The second kappa shape index (κ2) is 4.67. The number of rotatable bonds is 3. The lowest BCUT2D eigenvalue weighted by atomic mass is 9.83. The third-order valence-corrected chi connectivity index (χ3v) is 3.87. The topological polar surface area (TPSA) is 6.48 Å². The van der Waals surface area contributed by atoms with Gasteiger partial charge in [0, 0.05) is 26.2 Å². The molecule has 0 amide bonds. The summed E-state index contributed by atoms with van der Waals surface area (Å²) in [6.45, 7) is 7.41. The molecule has 0 unspecified atom stereocenters. The van der Waals surface area contributed by atoms with Crippen molar-refractivity contribution in [2.75, 3.05) is 40.3 Å². The predicted octanol–water partition coefficient (Wildman–Crippen LogP) is 1.84. The van der Waals surface area contributed by atoms with E-state index in [1.165, 1.54) is 39.0 Å². The molecule has 2 rings (SSSR count). The minimum absolute atomic E-state index is 0.955. The first-order chi connectivity index (χ1) is 7.15. The molecule has 2 heteroatoms. The zero-order chi connectivity index (χ0) is 10.8. The maximum Gasteiger partial charge on any atom is 0.0109 e. The van der Waals surface area contributed by atoms with Crippen LogP contribution in [-0.2, 0) is 0 Å². The molecule has 0 aromatic heterocycles. The number of fused-ring (bicyclic) bond motifs is 1. The summed E-state index contributed by atoms with van der Waals surface area (Å²) in [5.41, 5.74) is 1.62. The van der Waals surface area contributed by atoms with Gasteiger partial charge in [0.1, 0.15) is 0 Å². The van der Waals surface area contributed by atoms with Crippen LogP contribution in [0.3, 0.4) is 0 Å². The molecule has 1 aliphatic carbocycles. The molecule has 1 saturated heterocycles. The Kier molecular flexibility index (Phi) is 3.47. The molecule has 2 atom stereocenters. The van der Waals surface area contributed by atoms with Gasteiger partial charge in [0.15, 0.2) is 0 Å². The highest BCUT2D eigenvalue weighted by atomic mass is 15.2. The van der Waals surface area contributed by atoms with Crippen molar-refractivity contribution in [3.8, 4) is 0 Å². The molecule has 0 spiro atoms. The molecule has 0 aromatic carbocycles. The van der Waals surface area contributed by atoms with Gasteiger partial charge in [0.05, 0.1) is 0 Å². The largest absolute Gasteiger partial charge is 0.308 e. The van der Waals surface area contributed by atoms with Gasteiger partial charge in [-0.2, -0.15) is 0 Å². The summed E-state index contributed by atoms with van der Waals surface area (Å²) in [6, 6.07) is 0. The van der Waals surface area contributed by atoms with Crippen molar-refractivity contribution in [1.82, 2.24) is 9.80 Å². The Morgan fingerprint density at radius 1 is 1.33 bits per heavy atom. The molecule has 1 fully saturated rings. The molecule has 0 aromatic rings. The zero-order valence-electron chi connectivity index (χ0n) is 10.4. The van der Waals surface area contributed by atoms with E-state index in [-0.39, 0.29) is 0 Å². The van der Waals surface area contributed by atoms with Gasteiger partial charge in [0.25, 0.3) is 0 Å². The molecule has 1 heterocycles. The van der Waals surface area contributed by atoms with Crippen LogP contribution in [0.15, 0.2) is 11.6 Å². The molecule has 1 aliphatic heterocycles. The summed E-state index contributed by atoms with van der Waals surface area (Å²) >= 11 is 0. The zero-order valence-corrected chi connectivity index (χ0v) is 10.4. The van der Waals surface area contributed by atoms with E-state index in [0.29, 0.717) is 0 Å². The summed E-state index contributed by atoms with van der Waals surface area (Å²) in [6.07, 6.45) is 5.13. The second-order valence-electron chi connectivity index (χ2n) is 5.57. The highest BCUT2D eigenvalue weighted by Crippen LogP contribution is 2.35. The molecular formula is C13H24N2. The summed E-state index contributed by atoms with van der Waals surface area (Å²) < 4.78 is 0.